The smallest absolute Gasteiger partial charge is 0.243 e. The summed E-state index contributed by atoms with van der Waals surface area (Å²) in [6.45, 7) is 10.7. The Bertz CT molecular complexity index is 667. The molecule has 1 rings (SSSR count). The molecule has 0 amide bonds. The predicted molar refractivity (Wildman–Crippen MR) is 104 cm³/mol. The Kier molecular flexibility index (Phi) is 7.89. The number of hydrogen-bond donors (Lipinski definition) is 2. The number of sulfonamides is 1. The van der Waals surface area contributed by atoms with Gasteiger partial charge in [0.2, 0.25) is 10.0 Å². The van der Waals surface area contributed by atoms with Crippen LogP contribution in [0.2, 0.25) is 0 Å². The van der Waals surface area contributed by atoms with E-state index in [1.54, 1.807) is 26.2 Å². The van der Waals surface area contributed by atoms with Crippen LogP contribution in [0.5, 0.6) is 0 Å². The molecule has 0 saturated carbocycles. The molecule has 0 aliphatic heterocycles. The van der Waals surface area contributed by atoms with Gasteiger partial charge in [-0.25, -0.2) is 8.42 Å². The van der Waals surface area contributed by atoms with E-state index in [1.807, 2.05) is 26.0 Å². The summed E-state index contributed by atoms with van der Waals surface area (Å²) < 4.78 is 26.3. The molecule has 1 atom stereocenters. The fraction of sp³-hybridized carbons (Fsp3) is 0.611. The Morgan fingerprint density at radius 2 is 1.68 bits per heavy atom. The summed E-state index contributed by atoms with van der Waals surface area (Å²) in [4.78, 5) is 4.53. The van der Waals surface area contributed by atoms with Crippen LogP contribution in [0.15, 0.2) is 34.2 Å². The summed E-state index contributed by atoms with van der Waals surface area (Å²) in [6.07, 6.45) is 0. The SMILES string of the molecule is CN=C(NCc1ccc(S(=O)(=O)N(C)C(C)C)cc1)NC(C)C(C)C. The van der Waals surface area contributed by atoms with E-state index in [0.29, 0.717) is 23.4 Å². The van der Waals surface area contributed by atoms with Gasteiger partial charge in [-0.1, -0.05) is 26.0 Å². The maximum atomic E-state index is 12.5. The van der Waals surface area contributed by atoms with Gasteiger partial charge in [-0.05, 0) is 44.4 Å². The van der Waals surface area contributed by atoms with Gasteiger partial charge in [0.1, 0.15) is 0 Å². The molecule has 0 aliphatic carbocycles. The van der Waals surface area contributed by atoms with Crippen molar-refractivity contribution in [1.82, 2.24) is 14.9 Å². The van der Waals surface area contributed by atoms with Gasteiger partial charge < -0.3 is 10.6 Å². The molecular formula is C18H32N4O2S. The standard InChI is InChI=1S/C18H32N4O2S/c1-13(2)15(5)21-18(19-6)20-12-16-8-10-17(11-9-16)25(23,24)22(7)14(3)4/h8-11,13-15H,12H2,1-7H3,(H2,19,20,21). The number of rotatable bonds is 7. The largest absolute Gasteiger partial charge is 0.354 e. The third-order valence-electron chi connectivity index (χ3n) is 4.38. The number of aliphatic imine (C=N–C) groups is 1. The molecule has 0 saturated heterocycles. The van der Waals surface area contributed by atoms with E-state index < -0.39 is 10.0 Å². The minimum Gasteiger partial charge on any atom is -0.354 e. The molecule has 1 aromatic carbocycles. The van der Waals surface area contributed by atoms with E-state index >= 15 is 0 Å². The third-order valence-corrected chi connectivity index (χ3v) is 6.42. The van der Waals surface area contributed by atoms with E-state index in [1.165, 1.54) is 4.31 Å². The number of guanidine groups is 1. The lowest BCUT2D eigenvalue weighted by Gasteiger charge is -2.21. The minimum absolute atomic E-state index is 0.0799. The Morgan fingerprint density at radius 1 is 1.12 bits per heavy atom. The summed E-state index contributed by atoms with van der Waals surface area (Å²) in [6, 6.07) is 7.19. The number of nitrogens with zero attached hydrogens (tertiary/aromatic N) is 2. The van der Waals surface area contributed by atoms with Crippen LogP contribution in [0.3, 0.4) is 0 Å². The summed E-state index contributed by atoms with van der Waals surface area (Å²) in [5.41, 5.74) is 0.992. The average Bonchev–Trinajstić information content (AvgIpc) is 2.57. The maximum absolute atomic E-state index is 12.5. The van der Waals surface area contributed by atoms with Crippen LogP contribution < -0.4 is 10.6 Å². The van der Waals surface area contributed by atoms with E-state index in [-0.39, 0.29) is 6.04 Å². The molecule has 0 fully saturated rings. The van der Waals surface area contributed by atoms with Crippen molar-refractivity contribution in [3.63, 3.8) is 0 Å². The van der Waals surface area contributed by atoms with Crippen molar-refractivity contribution in [2.45, 2.75) is 58.1 Å². The van der Waals surface area contributed by atoms with Crippen molar-refractivity contribution in [2.75, 3.05) is 14.1 Å². The Hall–Kier alpha value is -1.60. The van der Waals surface area contributed by atoms with E-state index in [0.717, 1.165) is 11.5 Å². The van der Waals surface area contributed by atoms with Crippen molar-refractivity contribution in [3.8, 4) is 0 Å². The monoisotopic (exact) mass is 368 g/mol. The summed E-state index contributed by atoms with van der Waals surface area (Å²) >= 11 is 0. The van der Waals surface area contributed by atoms with Gasteiger partial charge in [-0.2, -0.15) is 4.31 Å². The highest BCUT2D eigenvalue weighted by molar-refractivity contribution is 7.89. The quantitative estimate of drug-likeness (QED) is 0.573. The Balaban J connectivity index is 2.75. The van der Waals surface area contributed by atoms with Crippen LogP contribution in [-0.2, 0) is 16.6 Å². The molecule has 25 heavy (non-hydrogen) atoms. The van der Waals surface area contributed by atoms with Gasteiger partial charge in [0.15, 0.2) is 5.96 Å². The van der Waals surface area contributed by atoms with Crippen LogP contribution in [0, 0.1) is 5.92 Å². The zero-order valence-electron chi connectivity index (χ0n) is 16.4. The molecule has 0 spiro atoms. The molecule has 2 N–H and O–H groups in total. The first-order chi connectivity index (χ1) is 11.6. The average molecular weight is 369 g/mol. The second kappa shape index (κ2) is 9.20. The fourth-order valence-electron chi connectivity index (χ4n) is 1.99. The van der Waals surface area contributed by atoms with Gasteiger partial charge in [-0.15, -0.1) is 0 Å². The molecule has 0 aromatic heterocycles. The first-order valence-electron chi connectivity index (χ1n) is 8.63. The lowest BCUT2D eigenvalue weighted by Crippen LogP contribution is -2.43. The van der Waals surface area contributed by atoms with Crippen molar-refractivity contribution in [2.24, 2.45) is 10.9 Å². The molecule has 6 nitrogen and oxygen atoms in total. The van der Waals surface area contributed by atoms with Crippen LogP contribution in [-0.4, -0.2) is 44.9 Å². The van der Waals surface area contributed by atoms with E-state index in [9.17, 15) is 8.42 Å². The molecule has 1 aromatic rings. The van der Waals surface area contributed by atoms with Crippen molar-refractivity contribution in [1.29, 1.82) is 0 Å². The zero-order chi connectivity index (χ0) is 19.2. The number of nitrogens with one attached hydrogen (secondary N) is 2. The predicted octanol–water partition coefficient (Wildman–Crippen LogP) is 2.42. The second-order valence-electron chi connectivity index (χ2n) is 6.86. The van der Waals surface area contributed by atoms with Gasteiger partial charge in [-0.3, -0.25) is 4.99 Å². The topological polar surface area (TPSA) is 73.8 Å². The second-order valence-corrected chi connectivity index (χ2v) is 8.86. The molecule has 0 radical (unpaired) electrons. The summed E-state index contributed by atoms with van der Waals surface area (Å²) in [7, 11) is -0.105. The van der Waals surface area contributed by atoms with Crippen LogP contribution in [0.1, 0.15) is 40.2 Å². The van der Waals surface area contributed by atoms with E-state index in [2.05, 4.69) is 36.4 Å². The molecule has 0 bridgehead atoms. The lowest BCUT2D eigenvalue weighted by molar-refractivity contribution is 0.410. The Morgan fingerprint density at radius 3 is 2.12 bits per heavy atom. The molecular weight excluding hydrogens is 336 g/mol. The lowest BCUT2D eigenvalue weighted by atomic mass is 10.1. The van der Waals surface area contributed by atoms with Crippen LogP contribution in [0.4, 0.5) is 0 Å². The first kappa shape index (κ1) is 21.4. The molecule has 1 unspecified atom stereocenters. The van der Waals surface area contributed by atoms with E-state index in [4.69, 9.17) is 0 Å². The molecule has 0 heterocycles. The van der Waals surface area contributed by atoms with Gasteiger partial charge >= 0.3 is 0 Å². The molecule has 0 aliphatic rings. The summed E-state index contributed by atoms with van der Waals surface area (Å²) in [5.74, 6) is 1.23. The highest BCUT2D eigenvalue weighted by Crippen LogP contribution is 2.17. The molecule has 7 heteroatoms. The highest BCUT2D eigenvalue weighted by Gasteiger charge is 2.22. The van der Waals surface area contributed by atoms with Crippen molar-refractivity contribution >= 4 is 16.0 Å². The summed E-state index contributed by atoms with van der Waals surface area (Å²) in [5, 5.41) is 6.59. The zero-order valence-corrected chi connectivity index (χ0v) is 17.2. The van der Waals surface area contributed by atoms with Gasteiger partial charge in [0.05, 0.1) is 4.90 Å². The Labute approximate surface area is 152 Å². The third kappa shape index (κ3) is 6.01. The number of benzene rings is 1. The molecule has 142 valence electrons. The van der Waals surface area contributed by atoms with Crippen molar-refractivity contribution in [3.05, 3.63) is 29.8 Å². The first-order valence-corrected chi connectivity index (χ1v) is 10.1. The van der Waals surface area contributed by atoms with Crippen LogP contribution >= 0.6 is 0 Å². The fourth-order valence-corrected chi connectivity index (χ4v) is 3.35. The van der Waals surface area contributed by atoms with Crippen LogP contribution in [0.25, 0.3) is 0 Å². The highest BCUT2D eigenvalue weighted by atomic mass is 32.2. The minimum atomic E-state index is -3.44. The van der Waals surface area contributed by atoms with Crippen molar-refractivity contribution < 1.29 is 8.42 Å². The maximum Gasteiger partial charge on any atom is 0.243 e. The van der Waals surface area contributed by atoms with Gasteiger partial charge in [0.25, 0.3) is 0 Å². The normalized spacial score (nSPS) is 14.2. The van der Waals surface area contributed by atoms with Gasteiger partial charge in [0, 0.05) is 32.7 Å². The number of hydrogen-bond acceptors (Lipinski definition) is 3.